The Hall–Kier alpha value is -1.05. The van der Waals surface area contributed by atoms with Crippen LogP contribution >= 0.6 is 47.2 Å². The van der Waals surface area contributed by atoms with Gasteiger partial charge in [-0.25, -0.2) is 4.98 Å². The second-order valence-corrected chi connectivity index (χ2v) is 5.48. The highest BCUT2D eigenvalue weighted by atomic mass is 127. The van der Waals surface area contributed by atoms with E-state index >= 15 is 0 Å². The van der Waals surface area contributed by atoms with Crippen LogP contribution in [0.1, 0.15) is 11.1 Å². The third-order valence-electron chi connectivity index (χ3n) is 3.12. The van der Waals surface area contributed by atoms with Crippen LogP contribution in [0, 0.1) is 0 Å². The lowest BCUT2D eigenvalue weighted by atomic mass is 10.2. The van der Waals surface area contributed by atoms with Crippen LogP contribution in [0.5, 0.6) is 0 Å². The maximum Gasteiger partial charge on any atom is 0.191 e. The highest BCUT2D eigenvalue weighted by Crippen LogP contribution is 2.14. The van der Waals surface area contributed by atoms with Crippen molar-refractivity contribution < 1.29 is 0 Å². The van der Waals surface area contributed by atoms with E-state index in [-0.39, 0.29) is 24.0 Å². The summed E-state index contributed by atoms with van der Waals surface area (Å²) in [5.74, 6) is 0.738. The average Bonchev–Trinajstić information content (AvgIpc) is 2.54. The summed E-state index contributed by atoms with van der Waals surface area (Å²) in [6, 6.07) is 11.5. The van der Waals surface area contributed by atoms with Crippen LogP contribution in [0.25, 0.3) is 0 Å². The molecule has 0 aliphatic carbocycles. The molecule has 124 valence electrons. The first-order valence-electron chi connectivity index (χ1n) is 6.97. The molecule has 0 aliphatic heterocycles. The maximum atomic E-state index is 6.13. The monoisotopic (exact) mass is 464 g/mol. The molecule has 23 heavy (non-hydrogen) atoms. The molecule has 0 saturated carbocycles. The lowest BCUT2D eigenvalue weighted by molar-refractivity contribution is 0.793. The number of nitrogens with zero attached hydrogens (tertiary/aromatic N) is 2. The average molecular weight is 465 g/mol. The molecule has 0 spiro atoms. The molecule has 0 bridgehead atoms. The van der Waals surface area contributed by atoms with Gasteiger partial charge >= 0.3 is 0 Å². The van der Waals surface area contributed by atoms with Crippen molar-refractivity contribution in [2.24, 2.45) is 4.99 Å². The van der Waals surface area contributed by atoms with Crippen molar-refractivity contribution >= 4 is 53.1 Å². The fraction of sp³-hybridized carbons (Fsp3) is 0.250. The number of aliphatic imine (C=N–C) groups is 1. The Labute approximate surface area is 163 Å². The van der Waals surface area contributed by atoms with Crippen molar-refractivity contribution in [3.8, 4) is 0 Å². The van der Waals surface area contributed by atoms with Crippen LogP contribution in [-0.4, -0.2) is 24.5 Å². The highest BCUT2D eigenvalue weighted by Gasteiger charge is 2.01. The van der Waals surface area contributed by atoms with E-state index in [1.807, 2.05) is 30.3 Å². The van der Waals surface area contributed by atoms with Gasteiger partial charge in [0.2, 0.25) is 0 Å². The van der Waals surface area contributed by atoms with Crippen LogP contribution < -0.4 is 10.6 Å². The van der Waals surface area contributed by atoms with E-state index in [1.54, 1.807) is 19.3 Å². The predicted octanol–water partition coefficient (Wildman–Crippen LogP) is 3.91. The van der Waals surface area contributed by atoms with Crippen molar-refractivity contribution in [3.63, 3.8) is 0 Å². The van der Waals surface area contributed by atoms with Gasteiger partial charge in [-0.05, 0) is 29.7 Å². The molecule has 0 fully saturated rings. The fourth-order valence-electron chi connectivity index (χ4n) is 1.92. The van der Waals surface area contributed by atoms with Gasteiger partial charge in [0.15, 0.2) is 5.96 Å². The normalized spacial score (nSPS) is 10.8. The van der Waals surface area contributed by atoms with E-state index in [2.05, 4.69) is 20.6 Å². The first-order chi connectivity index (χ1) is 10.7. The largest absolute Gasteiger partial charge is 0.356 e. The topological polar surface area (TPSA) is 49.3 Å². The molecule has 0 unspecified atom stereocenters. The number of nitrogens with one attached hydrogen (secondary N) is 2. The molecule has 2 rings (SSSR count). The summed E-state index contributed by atoms with van der Waals surface area (Å²) in [5, 5.41) is 7.75. The molecule has 4 nitrogen and oxygen atoms in total. The van der Waals surface area contributed by atoms with E-state index < -0.39 is 0 Å². The minimum absolute atomic E-state index is 0. The number of rotatable bonds is 5. The third kappa shape index (κ3) is 6.93. The number of pyridine rings is 1. The Morgan fingerprint density at radius 3 is 2.57 bits per heavy atom. The predicted molar refractivity (Wildman–Crippen MR) is 108 cm³/mol. The van der Waals surface area contributed by atoms with Crippen molar-refractivity contribution in [3.05, 3.63) is 63.9 Å². The number of aromatic nitrogens is 1. The summed E-state index contributed by atoms with van der Waals surface area (Å²) >= 11 is 11.9. The lowest BCUT2D eigenvalue weighted by Crippen LogP contribution is -2.37. The number of benzene rings is 1. The van der Waals surface area contributed by atoms with Gasteiger partial charge in [0, 0.05) is 31.4 Å². The SMILES string of the molecule is CN=C(NCCc1ccc(Cl)nc1)NCc1ccccc1Cl.I. The second-order valence-electron chi connectivity index (χ2n) is 4.68. The fourth-order valence-corrected chi connectivity index (χ4v) is 2.24. The Morgan fingerprint density at radius 2 is 1.91 bits per heavy atom. The summed E-state index contributed by atoms with van der Waals surface area (Å²) in [7, 11) is 1.74. The van der Waals surface area contributed by atoms with Crippen molar-refractivity contribution in [1.29, 1.82) is 0 Å². The van der Waals surface area contributed by atoms with Gasteiger partial charge in [0.1, 0.15) is 5.15 Å². The van der Waals surface area contributed by atoms with Gasteiger partial charge < -0.3 is 10.6 Å². The summed E-state index contributed by atoms with van der Waals surface area (Å²) < 4.78 is 0. The highest BCUT2D eigenvalue weighted by molar-refractivity contribution is 14.0. The third-order valence-corrected chi connectivity index (χ3v) is 3.71. The zero-order valence-electron chi connectivity index (χ0n) is 12.7. The molecule has 2 N–H and O–H groups in total. The molecule has 0 aliphatic rings. The number of hydrogen-bond donors (Lipinski definition) is 2. The molecular weight excluding hydrogens is 446 g/mol. The van der Waals surface area contributed by atoms with Crippen LogP contribution in [0.4, 0.5) is 0 Å². The lowest BCUT2D eigenvalue weighted by Gasteiger charge is -2.12. The van der Waals surface area contributed by atoms with Gasteiger partial charge in [-0.1, -0.05) is 47.5 Å². The molecule has 2 aromatic rings. The standard InChI is InChI=1S/C16H18Cl2N4.HI/c1-19-16(22-11-13-4-2-3-5-14(13)17)20-9-8-12-6-7-15(18)21-10-12;/h2-7,10H,8-9,11H2,1H3,(H2,19,20,22);1H. The molecule has 0 radical (unpaired) electrons. The summed E-state index contributed by atoms with van der Waals surface area (Å²) in [5.41, 5.74) is 2.16. The minimum atomic E-state index is 0. The molecule has 7 heteroatoms. The summed E-state index contributed by atoms with van der Waals surface area (Å²) in [6.07, 6.45) is 2.63. The Kier molecular flexibility index (Phi) is 9.28. The van der Waals surface area contributed by atoms with Crippen molar-refractivity contribution in [2.45, 2.75) is 13.0 Å². The van der Waals surface area contributed by atoms with Gasteiger partial charge in [0.25, 0.3) is 0 Å². The zero-order chi connectivity index (χ0) is 15.8. The van der Waals surface area contributed by atoms with E-state index in [4.69, 9.17) is 23.2 Å². The molecule has 0 saturated heterocycles. The van der Waals surface area contributed by atoms with Crippen LogP contribution in [-0.2, 0) is 13.0 Å². The van der Waals surface area contributed by atoms with Crippen LogP contribution in [0.2, 0.25) is 10.2 Å². The van der Waals surface area contributed by atoms with E-state index in [9.17, 15) is 0 Å². The number of halogens is 3. The molecule has 1 heterocycles. The Bertz CT molecular complexity index is 632. The first kappa shape index (κ1) is 20.0. The van der Waals surface area contributed by atoms with E-state index in [0.29, 0.717) is 11.7 Å². The van der Waals surface area contributed by atoms with Gasteiger partial charge in [-0.2, -0.15) is 0 Å². The van der Waals surface area contributed by atoms with Crippen molar-refractivity contribution in [1.82, 2.24) is 15.6 Å². The number of hydrogen-bond acceptors (Lipinski definition) is 2. The van der Waals surface area contributed by atoms with Gasteiger partial charge in [-0.3, -0.25) is 4.99 Å². The van der Waals surface area contributed by atoms with E-state index in [0.717, 1.165) is 35.1 Å². The van der Waals surface area contributed by atoms with Gasteiger partial charge in [0.05, 0.1) is 0 Å². The molecule has 0 atom stereocenters. The first-order valence-corrected chi connectivity index (χ1v) is 7.73. The van der Waals surface area contributed by atoms with E-state index in [1.165, 1.54) is 0 Å². The zero-order valence-corrected chi connectivity index (χ0v) is 16.6. The number of guanidine groups is 1. The van der Waals surface area contributed by atoms with Crippen LogP contribution in [0.3, 0.4) is 0 Å². The maximum absolute atomic E-state index is 6.13. The molecule has 1 aromatic carbocycles. The minimum Gasteiger partial charge on any atom is -0.356 e. The summed E-state index contributed by atoms with van der Waals surface area (Å²) in [4.78, 5) is 8.25. The van der Waals surface area contributed by atoms with Gasteiger partial charge in [-0.15, -0.1) is 24.0 Å². The Balaban J connectivity index is 0.00000264. The smallest absolute Gasteiger partial charge is 0.191 e. The molecular formula is C16H19Cl2IN4. The molecule has 1 aromatic heterocycles. The second kappa shape index (κ2) is 10.7. The summed E-state index contributed by atoms with van der Waals surface area (Å²) in [6.45, 7) is 1.38. The van der Waals surface area contributed by atoms with Crippen LogP contribution in [0.15, 0.2) is 47.6 Å². The molecule has 0 amide bonds. The quantitative estimate of drug-likeness (QED) is 0.305. The van der Waals surface area contributed by atoms with Crippen molar-refractivity contribution in [2.75, 3.05) is 13.6 Å². The Morgan fingerprint density at radius 1 is 1.13 bits per heavy atom.